The Balaban J connectivity index is 2.34. The number of aryl methyl sites for hydroxylation is 2. The van der Waals surface area contributed by atoms with Crippen molar-refractivity contribution in [2.45, 2.75) is 33.1 Å². The molecule has 0 bridgehead atoms. The lowest BCUT2D eigenvalue weighted by Crippen LogP contribution is -2.14. The molecule has 21 heavy (non-hydrogen) atoms. The van der Waals surface area contributed by atoms with Crippen molar-refractivity contribution < 1.29 is 9.90 Å². The second-order valence-electron chi connectivity index (χ2n) is 5.09. The van der Waals surface area contributed by atoms with E-state index in [1.165, 1.54) is 0 Å². The molecule has 5 heteroatoms. The van der Waals surface area contributed by atoms with Crippen LogP contribution in [0, 0.1) is 13.8 Å². The Hall–Kier alpha value is -1.94. The van der Waals surface area contributed by atoms with E-state index in [4.69, 9.17) is 16.7 Å². The molecule has 110 valence electrons. The Morgan fingerprint density at radius 1 is 1.29 bits per heavy atom. The van der Waals surface area contributed by atoms with Crippen LogP contribution in [0.25, 0.3) is 0 Å². The van der Waals surface area contributed by atoms with Crippen molar-refractivity contribution in [3.63, 3.8) is 0 Å². The number of carboxylic acids is 1. The molecule has 0 aliphatic rings. The molecule has 1 aromatic heterocycles. The van der Waals surface area contributed by atoms with Gasteiger partial charge < -0.3 is 5.11 Å². The van der Waals surface area contributed by atoms with Crippen LogP contribution in [0.3, 0.4) is 0 Å². The summed E-state index contributed by atoms with van der Waals surface area (Å²) in [6.07, 6.45) is 0.573. The Morgan fingerprint density at radius 2 is 1.90 bits per heavy atom. The maximum absolute atomic E-state index is 11.1. The van der Waals surface area contributed by atoms with Crippen LogP contribution in [0.5, 0.6) is 0 Å². The monoisotopic (exact) mass is 304 g/mol. The van der Waals surface area contributed by atoms with Crippen molar-refractivity contribution in [3.8, 4) is 0 Å². The zero-order chi connectivity index (χ0) is 15.6. The fourth-order valence-electron chi connectivity index (χ4n) is 2.45. The Labute approximate surface area is 128 Å². The van der Waals surface area contributed by atoms with E-state index in [1.54, 1.807) is 6.92 Å². The summed E-state index contributed by atoms with van der Waals surface area (Å²) in [7, 11) is 0. The summed E-state index contributed by atoms with van der Waals surface area (Å²) >= 11 is 5.97. The molecule has 0 fully saturated rings. The standard InChI is InChI=1S/C16H17ClN2O2/c1-9(16(20)21)15-10(2)18-14(19-11(15)3)8-12-5-4-6-13(17)7-12/h4-7,9H,8H2,1-3H3,(H,20,21). The summed E-state index contributed by atoms with van der Waals surface area (Å²) in [5.41, 5.74) is 3.15. The van der Waals surface area contributed by atoms with Crippen LogP contribution in [0.15, 0.2) is 24.3 Å². The van der Waals surface area contributed by atoms with E-state index in [1.807, 2.05) is 38.1 Å². The van der Waals surface area contributed by atoms with Gasteiger partial charge in [0, 0.05) is 28.4 Å². The van der Waals surface area contributed by atoms with E-state index in [2.05, 4.69) is 9.97 Å². The van der Waals surface area contributed by atoms with Gasteiger partial charge in [0.1, 0.15) is 5.82 Å². The number of rotatable bonds is 4. The van der Waals surface area contributed by atoms with Crippen molar-refractivity contribution in [2.24, 2.45) is 0 Å². The van der Waals surface area contributed by atoms with Crippen LogP contribution in [-0.2, 0) is 11.2 Å². The largest absolute Gasteiger partial charge is 0.481 e. The van der Waals surface area contributed by atoms with Crippen LogP contribution in [-0.4, -0.2) is 21.0 Å². The van der Waals surface area contributed by atoms with Gasteiger partial charge in [0.15, 0.2) is 0 Å². The Bertz CT molecular complexity index is 663. The summed E-state index contributed by atoms with van der Waals surface area (Å²) in [5, 5.41) is 9.83. The summed E-state index contributed by atoms with van der Waals surface area (Å²) in [6.45, 7) is 5.30. The second kappa shape index (κ2) is 6.22. The maximum atomic E-state index is 11.1. The van der Waals surface area contributed by atoms with Gasteiger partial charge in [-0.05, 0) is 38.5 Å². The first-order chi connectivity index (χ1) is 9.88. The van der Waals surface area contributed by atoms with Gasteiger partial charge >= 0.3 is 5.97 Å². The second-order valence-corrected chi connectivity index (χ2v) is 5.53. The molecule has 1 unspecified atom stereocenters. The van der Waals surface area contributed by atoms with Crippen molar-refractivity contribution in [1.29, 1.82) is 0 Å². The molecule has 0 aliphatic heterocycles. The van der Waals surface area contributed by atoms with E-state index in [-0.39, 0.29) is 0 Å². The number of hydrogen-bond acceptors (Lipinski definition) is 3. The van der Waals surface area contributed by atoms with E-state index in [9.17, 15) is 4.79 Å². The van der Waals surface area contributed by atoms with Gasteiger partial charge in [-0.25, -0.2) is 9.97 Å². The van der Waals surface area contributed by atoms with E-state index >= 15 is 0 Å². The molecule has 2 aromatic rings. The average Bonchev–Trinajstić information content (AvgIpc) is 2.37. The lowest BCUT2D eigenvalue weighted by molar-refractivity contribution is -0.138. The predicted molar refractivity (Wildman–Crippen MR) is 81.8 cm³/mol. The van der Waals surface area contributed by atoms with Gasteiger partial charge in [-0.1, -0.05) is 23.7 Å². The number of carboxylic acid groups (broad SMARTS) is 1. The van der Waals surface area contributed by atoms with Crippen LogP contribution in [0.2, 0.25) is 5.02 Å². The highest BCUT2D eigenvalue weighted by Crippen LogP contribution is 2.22. The number of aliphatic carboxylic acids is 1. The topological polar surface area (TPSA) is 63.1 Å². The number of hydrogen-bond donors (Lipinski definition) is 1. The van der Waals surface area contributed by atoms with Gasteiger partial charge in [0.2, 0.25) is 0 Å². The lowest BCUT2D eigenvalue weighted by Gasteiger charge is -2.14. The van der Waals surface area contributed by atoms with E-state index < -0.39 is 11.9 Å². The smallest absolute Gasteiger partial charge is 0.310 e. The molecule has 1 aromatic carbocycles. The van der Waals surface area contributed by atoms with Crippen LogP contribution in [0.4, 0.5) is 0 Å². The minimum atomic E-state index is -0.868. The minimum Gasteiger partial charge on any atom is -0.481 e. The molecule has 0 aliphatic carbocycles. The zero-order valence-corrected chi connectivity index (χ0v) is 13.0. The molecule has 0 amide bonds. The van der Waals surface area contributed by atoms with Gasteiger partial charge in [0.25, 0.3) is 0 Å². The molecule has 0 spiro atoms. The molecule has 1 atom stereocenters. The number of nitrogens with zero attached hydrogens (tertiary/aromatic N) is 2. The van der Waals surface area contributed by atoms with Crippen molar-refractivity contribution in [2.75, 3.05) is 0 Å². The van der Waals surface area contributed by atoms with Crippen molar-refractivity contribution >= 4 is 17.6 Å². The number of halogens is 1. The third kappa shape index (κ3) is 3.58. The molecule has 0 saturated carbocycles. The molecule has 0 saturated heterocycles. The maximum Gasteiger partial charge on any atom is 0.310 e. The van der Waals surface area contributed by atoms with Gasteiger partial charge in [-0.2, -0.15) is 0 Å². The van der Waals surface area contributed by atoms with Crippen LogP contribution in [0.1, 0.15) is 41.2 Å². The molecular weight excluding hydrogens is 288 g/mol. The first-order valence-corrected chi connectivity index (χ1v) is 7.07. The van der Waals surface area contributed by atoms with Gasteiger partial charge in [-0.3, -0.25) is 4.79 Å². The normalized spacial score (nSPS) is 12.2. The van der Waals surface area contributed by atoms with Crippen molar-refractivity contribution in [1.82, 2.24) is 9.97 Å². The highest BCUT2D eigenvalue weighted by atomic mass is 35.5. The number of aromatic nitrogens is 2. The summed E-state index contributed by atoms with van der Waals surface area (Å²) < 4.78 is 0. The molecule has 2 rings (SSSR count). The van der Waals surface area contributed by atoms with Gasteiger partial charge in [-0.15, -0.1) is 0 Å². The molecule has 0 radical (unpaired) electrons. The van der Waals surface area contributed by atoms with Crippen molar-refractivity contribution in [3.05, 3.63) is 57.6 Å². The lowest BCUT2D eigenvalue weighted by atomic mass is 9.98. The third-order valence-corrected chi connectivity index (χ3v) is 3.66. The summed E-state index contributed by atoms with van der Waals surface area (Å²) in [4.78, 5) is 20.0. The number of carbonyl (C=O) groups is 1. The highest BCUT2D eigenvalue weighted by Gasteiger charge is 2.20. The predicted octanol–water partition coefficient (Wildman–Crippen LogP) is 3.53. The van der Waals surface area contributed by atoms with Gasteiger partial charge in [0.05, 0.1) is 5.92 Å². The quantitative estimate of drug-likeness (QED) is 0.938. The first kappa shape index (κ1) is 15.4. The van der Waals surface area contributed by atoms with Crippen LogP contribution < -0.4 is 0 Å². The fourth-order valence-corrected chi connectivity index (χ4v) is 2.67. The third-order valence-electron chi connectivity index (χ3n) is 3.43. The van der Waals surface area contributed by atoms with E-state index in [0.29, 0.717) is 22.8 Å². The first-order valence-electron chi connectivity index (χ1n) is 6.69. The minimum absolute atomic E-state index is 0.573. The Morgan fingerprint density at radius 3 is 2.43 bits per heavy atom. The highest BCUT2D eigenvalue weighted by molar-refractivity contribution is 6.30. The SMILES string of the molecule is Cc1nc(Cc2cccc(Cl)c2)nc(C)c1C(C)C(=O)O. The number of benzene rings is 1. The molecular formula is C16H17ClN2O2. The zero-order valence-electron chi connectivity index (χ0n) is 12.2. The summed E-state index contributed by atoms with van der Waals surface area (Å²) in [5.74, 6) is -0.800. The molecule has 4 nitrogen and oxygen atoms in total. The average molecular weight is 305 g/mol. The van der Waals surface area contributed by atoms with Crippen LogP contribution >= 0.6 is 11.6 Å². The fraction of sp³-hybridized carbons (Fsp3) is 0.312. The molecule has 1 heterocycles. The Kier molecular flexibility index (Phi) is 4.58. The summed E-state index contributed by atoms with van der Waals surface area (Å²) in [6, 6.07) is 7.55. The van der Waals surface area contributed by atoms with E-state index in [0.717, 1.165) is 17.0 Å². The molecule has 1 N–H and O–H groups in total.